The summed E-state index contributed by atoms with van der Waals surface area (Å²) in [7, 11) is 0. The van der Waals surface area contributed by atoms with Gasteiger partial charge in [0.2, 0.25) is 0 Å². The molecule has 2 unspecified atom stereocenters. The number of rotatable bonds is 1. The topological polar surface area (TPSA) is 13.1 Å². The molecule has 1 nitrogen and oxygen atoms in total. The summed E-state index contributed by atoms with van der Waals surface area (Å²) in [4.78, 5) is 0.623. The van der Waals surface area contributed by atoms with Crippen molar-refractivity contribution in [3.05, 3.63) is 24.2 Å². The first-order chi connectivity index (χ1) is 5.88. The molecule has 0 amide bonds. The van der Waals surface area contributed by atoms with Gasteiger partial charge >= 0.3 is 0 Å². The van der Waals surface area contributed by atoms with Crippen molar-refractivity contribution in [3.63, 3.8) is 0 Å². The Labute approximate surface area is 81.3 Å². The molecule has 2 atom stereocenters. The molecule has 1 aliphatic carbocycles. The highest BCUT2D eigenvalue weighted by molar-refractivity contribution is 9.09. The normalized spacial score (nSPS) is 30.4. The summed E-state index contributed by atoms with van der Waals surface area (Å²) >= 11 is 3.72. The van der Waals surface area contributed by atoms with Gasteiger partial charge < -0.3 is 4.42 Å². The van der Waals surface area contributed by atoms with Crippen LogP contribution in [-0.4, -0.2) is 4.83 Å². The van der Waals surface area contributed by atoms with Crippen molar-refractivity contribution < 1.29 is 4.42 Å². The second kappa shape index (κ2) is 3.65. The molecule has 0 bridgehead atoms. The van der Waals surface area contributed by atoms with Gasteiger partial charge in [0.05, 0.1) is 6.26 Å². The molecule has 1 fully saturated rings. The zero-order valence-electron chi connectivity index (χ0n) is 7.00. The predicted molar refractivity (Wildman–Crippen MR) is 52.6 cm³/mol. The van der Waals surface area contributed by atoms with Crippen LogP contribution in [0.2, 0.25) is 0 Å². The minimum Gasteiger partial charge on any atom is -0.469 e. The zero-order chi connectivity index (χ0) is 8.39. The first-order valence-electron chi connectivity index (χ1n) is 4.55. The van der Waals surface area contributed by atoms with E-state index in [2.05, 4.69) is 22.0 Å². The minimum atomic E-state index is 0.605. The molecule has 1 heterocycles. The molecular formula is C10H13BrO. The van der Waals surface area contributed by atoms with Crippen LogP contribution in [0.4, 0.5) is 0 Å². The lowest BCUT2D eigenvalue weighted by Crippen LogP contribution is -2.16. The van der Waals surface area contributed by atoms with Crippen molar-refractivity contribution >= 4 is 15.9 Å². The number of alkyl halides is 1. The van der Waals surface area contributed by atoms with E-state index in [4.69, 9.17) is 4.42 Å². The van der Waals surface area contributed by atoms with E-state index in [0.717, 1.165) is 5.76 Å². The third kappa shape index (κ3) is 1.58. The highest BCUT2D eigenvalue weighted by atomic mass is 79.9. The van der Waals surface area contributed by atoms with Crippen LogP contribution in [0.15, 0.2) is 22.8 Å². The van der Waals surface area contributed by atoms with E-state index in [-0.39, 0.29) is 0 Å². The van der Waals surface area contributed by atoms with Gasteiger partial charge in [-0.1, -0.05) is 28.8 Å². The van der Waals surface area contributed by atoms with E-state index >= 15 is 0 Å². The molecule has 0 aliphatic heterocycles. The molecule has 12 heavy (non-hydrogen) atoms. The van der Waals surface area contributed by atoms with E-state index in [0.29, 0.717) is 10.7 Å². The molecular weight excluding hydrogens is 216 g/mol. The molecule has 2 rings (SSSR count). The van der Waals surface area contributed by atoms with Crippen LogP contribution < -0.4 is 0 Å². The van der Waals surface area contributed by atoms with Crippen LogP contribution in [0, 0.1) is 0 Å². The van der Waals surface area contributed by atoms with Gasteiger partial charge in [0, 0.05) is 10.7 Å². The Bertz CT molecular complexity index is 230. The van der Waals surface area contributed by atoms with Gasteiger partial charge in [-0.15, -0.1) is 0 Å². The largest absolute Gasteiger partial charge is 0.469 e. The van der Waals surface area contributed by atoms with Crippen LogP contribution in [0.5, 0.6) is 0 Å². The molecule has 1 aromatic heterocycles. The van der Waals surface area contributed by atoms with Gasteiger partial charge in [0.15, 0.2) is 0 Å². The van der Waals surface area contributed by atoms with Crippen LogP contribution in [-0.2, 0) is 0 Å². The lowest BCUT2D eigenvalue weighted by molar-refractivity contribution is 0.386. The second-order valence-electron chi connectivity index (χ2n) is 3.42. The van der Waals surface area contributed by atoms with Crippen molar-refractivity contribution in [3.8, 4) is 0 Å². The molecule has 0 saturated heterocycles. The van der Waals surface area contributed by atoms with Crippen LogP contribution >= 0.6 is 15.9 Å². The fourth-order valence-electron chi connectivity index (χ4n) is 1.91. The highest BCUT2D eigenvalue weighted by Crippen LogP contribution is 2.37. The van der Waals surface area contributed by atoms with E-state index in [1.807, 2.05) is 6.07 Å². The average molecular weight is 229 g/mol. The second-order valence-corrected chi connectivity index (χ2v) is 4.60. The van der Waals surface area contributed by atoms with Gasteiger partial charge in [0.25, 0.3) is 0 Å². The Balaban J connectivity index is 2.11. The van der Waals surface area contributed by atoms with Crippen molar-refractivity contribution in [2.45, 2.75) is 36.4 Å². The minimum absolute atomic E-state index is 0.605. The van der Waals surface area contributed by atoms with E-state index in [1.165, 1.54) is 25.7 Å². The van der Waals surface area contributed by atoms with Crippen molar-refractivity contribution in [1.29, 1.82) is 0 Å². The van der Waals surface area contributed by atoms with Crippen LogP contribution in [0.1, 0.15) is 37.4 Å². The molecule has 66 valence electrons. The fourth-order valence-corrected chi connectivity index (χ4v) is 2.76. The molecule has 0 radical (unpaired) electrons. The average Bonchev–Trinajstić information content (AvgIpc) is 2.57. The SMILES string of the molecule is BrC1CCCCC1c1ccco1. The van der Waals surface area contributed by atoms with Gasteiger partial charge in [-0.3, -0.25) is 0 Å². The Morgan fingerprint density at radius 3 is 2.83 bits per heavy atom. The summed E-state index contributed by atoms with van der Waals surface area (Å²) in [6.07, 6.45) is 7.01. The lowest BCUT2D eigenvalue weighted by atomic mass is 9.87. The summed E-state index contributed by atoms with van der Waals surface area (Å²) in [5.74, 6) is 1.75. The van der Waals surface area contributed by atoms with Crippen molar-refractivity contribution in [2.75, 3.05) is 0 Å². The molecule has 1 saturated carbocycles. The number of hydrogen-bond acceptors (Lipinski definition) is 1. The first kappa shape index (κ1) is 8.36. The molecule has 1 aromatic rings. The maximum Gasteiger partial charge on any atom is 0.107 e. The Hall–Kier alpha value is -0.240. The quantitative estimate of drug-likeness (QED) is 0.669. The lowest BCUT2D eigenvalue weighted by Gasteiger charge is -2.25. The van der Waals surface area contributed by atoms with Crippen LogP contribution in [0.3, 0.4) is 0 Å². The Kier molecular flexibility index (Phi) is 2.54. The van der Waals surface area contributed by atoms with Gasteiger partial charge in [-0.05, 0) is 25.0 Å². The maximum absolute atomic E-state index is 5.41. The van der Waals surface area contributed by atoms with Gasteiger partial charge in [-0.2, -0.15) is 0 Å². The Morgan fingerprint density at radius 2 is 2.17 bits per heavy atom. The summed E-state index contributed by atoms with van der Waals surface area (Å²) in [5.41, 5.74) is 0. The summed E-state index contributed by atoms with van der Waals surface area (Å²) in [6.45, 7) is 0. The third-order valence-corrected chi connectivity index (χ3v) is 3.69. The first-order valence-corrected chi connectivity index (χ1v) is 5.47. The van der Waals surface area contributed by atoms with E-state index in [9.17, 15) is 0 Å². The third-order valence-electron chi connectivity index (χ3n) is 2.59. The van der Waals surface area contributed by atoms with Crippen molar-refractivity contribution in [1.82, 2.24) is 0 Å². The molecule has 0 N–H and O–H groups in total. The van der Waals surface area contributed by atoms with Crippen molar-refractivity contribution in [2.24, 2.45) is 0 Å². The number of halogens is 1. The highest BCUT2D eigenvalue weighted by Gasteiger charge is 2.25. The predicted octanol–water partition coefficient (Wildman–Crippen LogP) is 3.70. The standard InChI is InChI=1S/C10H13BrO/c11-9-5-2-1-4-8(9)10-6-3-7-12-10/h3,6-9H,1-2,4-5H2. The van der Waals surface area contributed by atoms with Crippen LogP contribution in [0.25, 0.3) is 0 Å². The van der Waals surface area contributed by atoms with Gasteiger partial charge in [-0.25, -0.2) is 0 Å². The van der Waals surface area contributed by atoms with Gasteiger partial charge in [0.1, 0.15) is 5.76 Å². The number of hydrogen-bond donors (Lipinski definition) is 0. The molecule has 1 aliphatic rings. The molecule has 0 aromatic carbocycles. The smallest absolute Gasteiger partial charge is 0.107 e. The number of furan rings is 1. The van der Waals surface area contributed by atoms with E-state index < -0.39 is 0 Å². The summed E-state index contributed by atoms with van der Waals surface area (Å²) < 4.78 is 5.41. The maximum atomic E-state index is 5.41. The van der Waals surface area contributed by atoms with E-state index in [1.54, 1.807) is 6.26 Å². The summed E-state index contributed by atoms with van der Waals surface area (Å²) in [5, 5.41) is 0. The zero-order valence-corrected chi connectivity index (χ0v) is 8.59. The molecule has 0 spiro atoms. The Morgan fingerprint density at radius 1 is 1.33 bits per heavy atom. The summed E-state index contributed by atoms with van der Waals surface area (Å²) in [6, 6.07) is 4.06. The fraction of sp³-hybridized carbons (Fsp3) is 0.600. The monoisotopic (exact) mass is 228 g/mol. The molecule has 2 heteroatoms.